The van der Waals surface area contributed by atoms with E-state index < -0.39 is 6.10 Å². The fraction of sp³-hybridized carbons (Fsp3) is 0.412. The predicted octanol–water partition coefficient (Wildman–Crippen LogP) is 3.26. The van der Waals surface area contributed by atoms with E-state index in [1.807, 2.05) is 58.0 Å². The Morgan fingerprint density at radius 1 is 1.32 bits per heavy atom. The van der Waals surface area contributed by atoms with E-state index in [0.717, 1.165) is 10.6 Å². The van der Waals surface area contributed by atoms with Crippen LogP contribution in [0.5, 0.6) is 0 Å². The van der Waals surface area contributed by atoms with Crippen molar-refractivity contribution in [1.29, 1.82) is 0 Å². The lowest BCUT2D eigenvalue weighted by molar-refractivity contribution is 0.0588. The molecule has 1 aromatic heterocycles. The molecule has 2 N–H and O–H groups in total. The standard InChI is InChI=1S/C17H22N2O2S/c1-11-14(15(21)18-10-13(20)17(2,3)4)22-16(19-11)12-8-6-5-7-9-12/h5-9,13,20H,10H2,1-4H3,(H,18,21). The molecule has 0 spiro atoms. The van der Waals surface area contributed by atoms with Crippen LogP contribution in [-0.2, 0) is 0 Å². The molecule has 0 aliphatic carbocycles. The monoisotopic (exact) mass is 318 g/mol. The highest BCUT2D eigenvalue weighted by atomic mass is 32.1. The molecule has 4 nitrogen and oxygen atoms in total. The van der Waals surface area contributed by atoms with Crippen molar-refractivity contribution in [3.05, 3.63) is 40.9 Å². The Morgan fingerprint density at radius 3 is 2.55 bits per heavy atom. The third-order valence-electron chi connectivity index (χ3n) is 3.48. The number of thiazole rings is 1. The third kappa shape index (κ3) is 3.93. The Labute approximate surface area is 135 Å². The van der Waals surface area contributed by atoms with Gasteiger partial charge < -0.3 is 10.4 Å². The minimum absolute atomic E-state index is 0.180. The highest BCUT2D eigenvalue weighted by Gasteiger charge is 2.23. The number of hydrogen-bond donors (Lipinski definition) is 2. The molecule has 1 aromatic carbocycles. The number of aliphatic hydroxyl groups is 1. The topological polar surface area (TPSA) is 62.2 Å². The highest BCUT2D eigenvalue weighted by molar-refractivity contribution is 7.17. The van der Waals surface area contributed by atoms with Crippen molar-refractivity contribution in [2.45, 2.75) is 33.8 Å². The molecule has 0 aliphatic rings. The molecule has 1 amide bonds. The predicted molar refractivity (Wildman–Crippen MR) is 90.1 cm³/mol. The van der Waals surface area contributed by atoms with Crippen LogP contribution in [-0.4, -0.2) is 28.6 Å². The molecule has 0 bridgehead atoms. The maximum absolute atomic E-state index is 12.3. The van der Waals surface area contributed by atoms with Gasteiger partial charge in [-0.3, -0.25) is 4.79 Å². The number of hydrogen-bond acceptors (Lipinski definition) is 4. The van der Waals surface area contributed by atoms with E-state index in [2.05, 4.69) is 10.3 Å². The summed E-state index contributed by atoms with van der Waals surface area (Å²) in [6.45, 7) is 7.89. The first kappa shape index (κ1) is 16.6. The van der Waals surface area contributed by atoms with Crippen molar-refractivity contribution in [1.82, 2.24) is 10.3 Å². The Bertz CT molecular complexity index is 644. The molecule has 118 valence electrons. The zero-order valence-electron chi connectivity index (χ0n) is 13.4. The van der Waals surface area contributed by atoms with Gasteiger partial charge in [0.1, 0.15) is 9.88 Å². The summed E-state index contributed by atoms with van der Waals surface area (Å²) in [6.07, 6.45) is -0.585. The number of aromatic nitrogens is 1. The molecule has 1 atom stereocenters. The van der Waals surface area contributed by atoms with E-state index in [-0.39, 0.29) is 17.9 Å². The molecule has 2 aromatic rings. The van der Waals surface area contributed by atoms with Crippen molar-refractivity contribution in [2.75, 3.05) is 6.54 Å². The van der Waals surface area contributed by atoms with Gasteiger partial charge in [0.05, 0.1) is 11.8 Å². The van der Waals surface area contributed by atoms with Gasteiger partial charge in [0.15, 0.2) is 0 Å². The molecule has 0 saturated carbocycles. The van der Waals surface area contributed by atoms with E-state index in [1.54, 1.807) is 0 Å². The Kier molecular flexibility index (Phi) is 4.98. The highest BCUT2D eigenvalue weighted by Crippen LogP contribution is 2.27. The van der Waals surface area contributed by atoms with Crippen LogP contribution >= 0.6 is 11.3 Å². The summed E-state index contributed by atoms with van der Waals surface area (Å²) < 4.78 is 0. The van der Waals surface area contributed by atoms with Crippen LogP contribution in [0.3, 0.4) is 0 Å². The summed E-state index contributed by atoms with van der Waals surface area (Å²) in [6, 6.07) is 9.80. The largest absolute Gasteiger partial charge is 0.391 e. The maximum Gasteiger partial charge on any atom is 0.263 e. The van der Waals surface area contributed by atoms with Gasteiger partial charge in [0.25, 0.3) is 5.91 Å². The first-order valence-corrected chi connectivity index (χ1v) is 8.10. The van der Waals surface area contributed by atoms with Gasteiger partial charge in [-0.15, -0.1) is 11.3 Å². The van der Waals surface area contributed by atoms with E-state index in [0.29, 0.717) is 10.6 Å². The van der Waals surface area contributed by atoms with Crippen LogP contribution in [0.15, 0.2) is 30.3 Å². The molecule has 22 heavy (non-hydrogen) atoms. The third-order valence-corrected chi connectivity index (χ3v) is 4.68. The minimum atomic E-state index is -0.585. The fourth-order valence-corrected chi connectivity index (χ4v) is 2.88. The van der Waals surface area contributed by atoms with Gasteiger partial charge in [-0.2, -0.15) is 0 Å². The zero-order valence-corrected chi connectivity index (χ0v) is 14.2. The lowest BCUT2D eigenvalue weighted by atomic mass is 9.89. The van der Waals surface area contributed by atoms with Gasteiger partial charge in [0.2, 0.25) is 0 Å². The van der Waals surface area contributed by atoms with Crippen LogP contribution in [0, 0.1) is 12.3 Å². The van der Waals surface area contributed by atoms with E-state index >= 15 is 0 Å². The zero-order chi connectivity index (χ0) is 16.3. The number of amides is 1. The van der Waals surface area contributed by atoms with Crippen LogP contribution in [0.1, 0.15) is 36.1 Å². The number of aryl methyl sites for hydroxylation is 1. The molecule has 0 saturated heterocycles. The van der Waals surface area contributed by atoms with Crippen molar-refractivity contribution in [3.63, 3.8) is 0 Å². The van der Waals surface area contributed by atoms with Crippen LogP contribution < -0.4 is 5.32 Å². The van der Waals surface area contributed by atoms with Crippen LogP contribution in [0.4, 0.5) is 0 Å². The molecule has 2 rings (SSSR count). The quantitative estimate of drug-likeness (QED) is 0.909. The Morgan fingerprint density at radius 2 is 1.95 bits per heavy atom. The summed E-state index contributed by atoms with van der Waals surface area (Å²) in [5, 5.41) is 13.6. The molecule has 0 radical (unpaired) electrons. The van der Waals surface area contributed by atoms with Crippen molar-refractivity contribution >= 4 is 17.2 Å². The lowest BCUT2D eigenvalue weighted by Crippen LogP contribution is -2.39. The lowest BCUT2D eigenvalue weighted by Gasteiger charge is -2.25. The van der Waals surface area contributed by atoms with Crippen molar-refractivity contribution in [2.24, 2.45) is 5.41 Å². The average molecular weight is 318 g/mol. The number of nitrogens with one attached hydrogen (secondary N) is 1. The normalized spacial score (nSPS) is 13.0. The minimum Gasteiger partial charge on any atom is -0.391 e. The SMILES string of the molecule is Cc1nc(-c2ccccc2)sc1C(=O)NCC(O)C(C)(C)C. The second-order valence-corrected chi connectivity index (χ2v) is 7.39. The number of rotatable bonds is 4. The average Bonchev–Trinajstić information content (AvgIpc) is 2.86. The molecular weight excluding hydrogens is 296 g/mol. The van der Waals surface area contributed by atoms with E-state index in [4.69, 9.17) is 0 Å². The number of carbonyl (C=O) groups excluding carboxylic acids is 1. The first-order chi connectivity index (χ1) is 10.3. The smallest absolute Gasteiger partial charge is 0.263 e. The van der Waals surface area contributed by atoms with Crippen LogP contribution in [0.25, 0.3) is 10.6 Å². The molecule has 1 unspecified atom stereocenters. The number of nitrogens with zero attached hydrogens (tertiary/aromatic N) is 1. The fourth-order valence-electron chi connectivity index (χ4n) is 1.89. The van der Waals surface area contributed by atoms with Gasteiger partial charge in [-0.1, -0.05) is 51.1 Å². The Hall–Kier alpha value is -1.72. The number of carbonyl (C=O) groups is 1. The van der Waals surface area contributed by atoms with Crippen LogP contribution in [0.2, 0.25) is 0 Å². The summed E-state index contributed by atoms with van der Waals surface area (Å²) in [7, 11) is 0. The van der Waals surface area contributed by atoms with Gasteiger partial charge in [-0.25, -0.2) is 4.98 Å². The molecule has 1 heterocycles. The van der Waals surface area contributed by atoms with Crippen molar-refractivity contribution in [3.8, 4) is 10.6 Å². The van der Waals surface area contributed by atoms with Gasteiger partial charge in [-0.05, 0) is 12.3 Å². The maximum atomic E-state index is 12.3. The summed E-state index contributed by atoms with van der Waals surface area (Å²) in [5.41, 5.74) is 1.46. The summed E-state index contributed by atoms with van der Waals surface area (Å²) in [5.74, 6) is -0.180. The number of benzene rings is 1. The summed E-state index contributed by atoms with van der Waals surface area (Å²) >= 11 is 1.38. The second kappa shape index (κ2) is 6.58. The second-order valence-electron chi connectivity index (χ2n) is 6.39. The Balaban J connectivity index is 2.10. The first-order valence-electron chi connectivity index (χ1n) is 7.28. The van der Waals surface area contributed by atoms with E-state index in [9.17, 15) is 9.90 Å². The van der Waals surface area contributed by atoms with Gasteiger partial charge >= 0.3 is 0 Å². The van der Waals surface area contributed by atoms with Crippen molar-refractivity contribution < 1.29 is 9.90 Å². The molecule has 5 heteroatoms. The van der Waals surface area contributed by atoms with E-state index in [1.165, 1.54) is 11.3 Å². The van der Waals surface area contributed by atoms with Gasteiger partial charge in [0, 0.05) is 12.1 Å². The molecule has 0 fully saturated rings. The number of aliphatic hydroxyl groups excluding tert-OH is 1. The molecule has 0 aliphatic heterocycles. The molecular formula is C17H22N2O2S. The summed E-state index contributed by atoms with van der Waals surface area (Å²) in [4.78, 5) is 17.4.